The quantitative estimate of drug-likeness (QED) is 0.782. The molecule has 112 valence electrons. The molecule has 0 aliphatic rings. The summed E-state index contributed by atoms with van der Waals surface area (Å²) in [4.78, 5) is 14.4. The van der Waals surface area contributed by atoms with Gasteiger partial charge in [-0.15, -0.1) is 0 Å². The van der Waals surface area contributed by atoms with Crippen LogP contribution in [0.2, 0.25) is 0 Å². The maximum Gasteiger partial charge on any atom is 0.256 e. The number of nitrogens with zero attached hydrogens (tertiary/aromatic N) is 1. The Hall–Kier alpha value is -1.62. The van der Waals surface area contributed by atoms with Crippen molar-refractivity contribution in [3.8, 4) is 0 Å². The van der Waals surface area contributed by atoms with E-state index >= 15 is 0 Å². The first-order valence-corrected chi connectivity index (χ1v) is 6.90. The van der Waals surface area contributed by atoms with E-state index in [2.05, 4.69) is 0 Å². The maximum absolute atomic E-state index is 13.1. The molecule has 4 nitrogen and oxygen atoms in total. The summed E-state index contributed by atoms with van der Waals surface area (Å²) in [7, 11) is 1.60. The zero-order valence-electron chi connectivity index (χ0n) is 12.4. The summed E-state index contributed by atoms with van der Waals surface area (Å²) in [5, 5.41) is 0. The van der Waals surface area contributed by atoms with Crippen LogP contribution in [0.1, 0.15) is 37.0 Å². The van der Waals surface area contributed by atoms with Crippen LogP contribution in [0.15, 0.2) is 18.2 Å². The normalized spacial score (nSPS) is 10.8. The molecule has 1 rings (SSSR count). The van der Waals surface area contributed by atoms with Gasteiger partial charge in [-0.25, -0.2) is 4.39 Å². The number of hydrogen-bond acceptors (Lipinski definition) is 3. The molecule has 0 saturated heterocycles. The van der Waals surface area contributed by atoms with Crippen LogP contribution in [-0.4, -0.2) is 37.1 Å². The van der Waals surface area contributed by atoms with E-state index in [1.807, 2.05) is 13.8 Å². The first-order valence-electron chi connectivity index (χ1n) is 6.90. The van der Waals surface area contributed by atoms with Gasteiger partial charge in [-0.05, 0) is 31.0 Å². The van der Waals surface area contributed by atoms with E-state index in [1.54, 1.807) is 12.0 Å². The van der Waals surface area contributed by atoms with Crippen molar-refractivity contribution in [2.45, 2.75) is 32.7 Å². The minimum Gasteiger partial charge on any atom is -0.398 e. The topological polar surface area (TPSA) is 55.6 Å². The van der Waals surface area contributed by atoms with Crippen LogP contribution in [0.3, 0.4) is 0 Å². The first-order chi connectivity index (χ1) is 9.54. The summed E-state index contributed by atoms with van der Waals surface area (Å²) in [5.41, 5.74) is 6.26. The summed E-state index contributed by atoms with van der Waals surface area (Å²) in [5.74, 6) is -0.613. The van der Waals surface area contributed by atoms with E-state index in [4.69, 9.17) is 10.5 Å². The van der Waals surface area contributed by atoms with E-state index in [9.17, 15) is 9.18 Å². The molecule has 2 N–H and O–H groups in total. The van der Waals surface area contributed by atoms with Crippen LogP contribution >= 0.6 is 0 Å². The van der Waals surface area contributed by atoms with Crippen molar-refractivity contribution in [2.75, 3.05) is 26.0 Å². The molecule has 0 aromatic heterocycles. The molecule has 1 amide bonds. The number of ether oxygens (including phenoxy) is 1. The van der Waals surface area contributed by atoms with Crippen LogP contribution in [0.4, 0.5) is 10.1 Å². The van der Waals surface area contributed by atoms with Gasteiger partial charge in [-0.2, -0.15) is 0 Å². The smallest absolute Gasteiger partial charge is 0.256 e. The fraction of sp³-hybridized carbons (Fsp3) is 0.533. The number of amides is 1. The lowest BCUT2D eigenvalue weighted by atomic mass is 10.1. The van der Waals surface area contributed by atoms with Gasteiger partial charge in [0.2, 0.25) is 0 Å². The predicted octanol–water partition coefficient (Wildman–Crippen LogP) is 2.69. The Bertz CT molecular complexity index is 447. The molecule has 0 atom stereocenters. The molecule has 20 heavy (non-hydrogen) atoms. The number of carbonyl (C=O) groups is 1. The minimum absolute atomic E-state index is 0.127. The molecule has 1 aromatic rings. The molecule has 1 aromatic carbocycles. The minimum atomic E-state index is -0.440. The van der Waals surface area contributed by atoms with E-state index in [-0.39, 0.29) is 17.6 Å². The summed E-state index contributed by atoms with van der Waals surface area (Å²) in [6.45, 7) is 5.03. The number of hydrogen-bond donors (Lipinski definition) is 1. The van der Waals surface area contributed by atoms with Crippen molar-refractivity contribution in [3.05, 3.63) is 29.6 Å². The molecule has 0 aliphatic carbocycles. The van der Waals surface area contributed by atoms with Crippen molar-refractivity contribution in [1.29, 1.82) is 0 Å². The number of methoxy groups -OCH3 is 1. The molecule has 0 aliphatic heterocycles. The molecule has 0 unspecified atom stereocenters. The summed E-state index contributed by atoms with van der Waals surface area (Å²) < 4.78 is 18.1. The fourth-order valence-electron chi connectivity index (χ4n) is 2.25. The lowest BCUT2D eigenvalue weighted by molar-refractivity contribution is 0.0590. The number of carbonyl (C=O) groups excluding carboxylic acids is 1. The lowest BCUT2D eigenvalue weighted by Crippen LogP contribution is -2.42. The van der Waals surface area contributed by atoms with Gasteiger partial charge in [0.25, 0.3) is 5.91 Å². The lowest BCUT2D eigenvalue weighted by Gasteiger charge is -2.30. The highest BCUT2D eigenvalue weighted by Gasteiger charge is 2.23. The van der Waals surface area contributed by atoms with Crippen molar-refractivity contribution in [1.82, 2.24) is 4.90 Å². The van der Waals surface area contributed by atoms with Crippen LogP contribution < -0.4 is 5.73 Å². The molecular weight excluding hydrogens is 259 g/mol. The third-order valence-electron chi connectivity index (χ3n) is 3.42. The van der Waals surface area contributed by atoms with Crippen LogP contribution in [0, 0.1) is 5.82 Å². The maximum atomic E-state index is 13.1. The van der Waals surface area contributed by atoms with E-state index in [1.165, 1.54) is 18.2 Å². The molecule has 0 heterocycles. The molecule has 0 bridgehead atoms. The molecule has 0 fully saturated rings. The molecule has 0 spiro atoms. The summed E-state index contributed by atoms with van der Waals surface area (Å²) >= 11 is 0. The van der Waals surface area contributed by atoms with Crippen molar-refractivity contribution >= 4 is 11.6 Å². The van der Waals surface area contributed by atoms with Gasteiger partial charge in [0, 0.05) is 25.4 Å². The molecule has 5 heteroatoms. The van der Waals surface area contributed by atoms with E-state index in [0.29, 0.717) is 18.7 Å². The average Bonchev–Trinajstić information content (AvgIpc) is 2.43. The molecule has 0 saturated carbocycles. The zero-order valence-corrected chi connectivity index (χ0v) is 12.4. The van der Waals surface area contributed by atoms with Crippen LogP contribution in [0.5, 0.6) is 0 Å². The Morgan fingerprint density at radius 3 is 2.55 bits per heavy atom. The van der Waals surface area contributed by atoms with Gasteiger partial charge >= 0.3 is 0 Å². The number of rotatable bonds is 7. The number of halogens is 1. The summed E-state index contributed by atoms with van der Waals surface area (Å²) in [6.07, 6.45) is 1.71. The number of nitrogen functional groups attached to an aromatic ring is 1. The Morgan fingerprint density at radius 2 is 2.05 bits per heavy atom. The highest BCUT2D eigenvalue weighted by molar-refractivity contribution is 5.99. The highest BCUT2D eigenvalue weighted by atomic mass is 19.1. The SMILES string of the molecule is CCC(CC)N(CCOC)C(=O)c1ccc(F)cc1N. The standard InChI is InChI=1S/C15H23FN2O2/c1-4-12(5-2)18(8-9-20-3)15(19)13-7-6-11(16)10-14(13)17/h6-7,10,12H,4-5,8-9,17H2,1-3H3. The zero-order chi connectivity index (χ0) is 15.1. The molecular formula is C15H23FN2O2. The van der Waals surface area contributed by atoms with Crippen LogP contribution in [-0.2, 0) is 4.74 Å². The van der Waals surface area contributed by atoms with Gasteiger partial charge in [0.05, 0.1) is 12.2 Å². The van der Waals surface area contributed by atoms with Gasteiger partial charge in [0.1, 0.15) is 5.82 Å². The Labute approximate surface area is 119 Å². The van der Waals surface area contributed by atoms with Crippen molar-refractivity contribution in [2.24, 2.45) is 0 Å². The van der Waals surface area contributed by atoms with Crippen LogP contribution in [0.25, 0.3) is 0 Å². The second-order valence-corrected chi connectivity index (χ2v) is 4.69. The van der Waals surface area contributed by atoms with Gasteiger partial charge < -0.3 is 15.4 Å². The average molecular weight is 282 g/mol. The van der Waals surface area contributed by atoms with Crippen molar-refractivity contribution < 1.29 is 13.9 Å². The van der Waals surface area contributed by atoms with E-state index in [0.717, 1.165) is 12.8 Å². The Balaban J connectivity index is 3.02. The number of anilines is 1. The Morgan fingerprint density at radius 1 is 1.40 bits per heavy atom. The highest BCUT2D eigenvalue weighted by Crippen LogP contribution is 2.19. The monoisotopic (exact) mass is 282 g/mol. The predicted molar refractivity (Wildman–Crippen MR) is 78.1 cm³/mol. The number of benzene rings is 1. The first kappa shape index (κ1) is 16.4. The number of nitrogens with two attached hydrogens (primary N) is 1. The summed E-state index contributed by atoms with van der Waals surface area (Å²) in [6, 6.07) is 4.00. The third kappa shape index (κ3) is 3.93. The van der Waals surface area contributed by atoms with Gasteiger partial charge in [-0.1, -0.05) is 13.8 Å². The molecule has 0 radical (unpaired) electrons. The van der Waals surface area contributed by atoms with Crippen molar-refractivity contribution in [3.63, 3.8) is 0 Å². The van der Waals surface area contributed by atoms with E-state index < -0.39 is 5.82 Å². The fourth-order valence-corrected chi connectivity index (χ4v) is 2.25. The largest absolute Gasteiger partial charge is 0.398 e. The third-order valence-corrected chi connectivity index (χ3v) is 3.42. The second-order valence-electron chi connectivity index (χ2n) is 4.69. The Kier molecular flexibility index (Phi) is 6.45. The van der Waals surface area contributed by atoms with Gasteiger partial charge in [-0.3, -0.25) is 4.79 Å². The van der Waals surface area contributed by atoms with Gasteiger partial charge in [0.15, 0.2) is 0 Å². The second kappa shape index (κ2) is 7.85.